The summed E-state index contributed by atoms with van der Waals surface area (Å²) < 4.78 is 5.84. The van der Waals surface area contributed by atoms with Crippen LogP contribution >= 0.6 is 27.5 Å². The summed E-state index contributed by atoms with van der Waals surface area (Å²) in [7, 11) is 1.66. The Bertz CT molecular complexity index is 344. The zero-order valence-electron chi connectivity index (χ0n) is 9.41. The Morgan fingerprint density at radius 3 is 2.75 bits per heavy atom. The van der Waals surface area contributed by atoms with Gasteiger partial charge in [-0.15, -0.1) is 0 Å². The van der Waals surface area contributed by atoms with Gasteiger partial charge in [-0.3, -0.25) is 0 Å². The molecule has 4 heteroatoms. The fraction of sp³-hybridized carbons (Fsp3) is 0.500. The number of methoxy groups -OCH3 is 1. The van der Waals surface area contributed by atoms with Gasteiger partial charge in [0.25, 0.3) is 0 Å². The summed E-state index contributed by atoms with van der Waals surface area (Å²) in [5, 5.41) is 10.7. The van der Waals surface area contributed by atoms with Crippen LogP contribution in [0.5, 0.6) is 0 Å². The minimum atomic E-state index is -0.499. The van der Waals surface area contributed by atoms with Crippen molar-refractivity contribution in [3.05, 3.63) is 33.3 Å². The molecule has 0 saturated heterocycles. The lowest BCUT2D eigenvalue weighted by atomic mass is 9.95. The van der Waals surface area contributed by atoms with Gasteiger partial charge < -0.3 is 9.84 Å². The number of hydrogen-bond acceptors (Lipinski definition) is 2. The number of aliphatic hydroxyl groups excluding tert-OH is 1. The van der Waals surface area contributed by atoms with Crippen LogP contribution in [-0.2, 0) is 4.74 Å². The number of benzene rings is 1. The molecule has 0 aliphatic carbocycles. The molecule has 1 rings (SSSR count). The lowest BCUT2D eigenvalue weighted by Crippen LogP contribution is -2.11. The topological polar surface area (TPSA) is 29.5 Å². The molecule has 0 aromatic heterocycles. The van der Waals surface area contributed by atoms with Crippen molar-refractivity contribution in [2.24, 2.45) is 5.92 Å². The molecule has 0 bridgehead atoms. The molecule has 1 aromatic rings. The van der Waals surface area contributed by atoms with Gasteiger partial charge in [0.2, 0.25) is 0 Å². The second kappa shape index (κ2) is 6.60. The van der Waals surface area contributed by atoms with Crippen LogP contribution in [0.3, 0.4) is 0 Å². The Hall–Kier alpha value is -0.0900. The first-order valence-corrected chi connectivity index (χ1v) is 6.35. The van der Waals surface area contributed by atoms with Gasteiger partial charge in [0.05, 0.1) is 11.1 Å². The third-order valence-corrected chi connectivity index (χ3v) is 3.83. The maximum Gasteiger partial charge on any atom is 0.0816 e. The van der Waals surface area contributed by atoms with E-state index in [1.807, 2.05) is 19.1 Å². The van der Waals surface area contributed by atoms with E-state index >= 15 is 0 Å². The van der Waals surface area contributed by atoms with Crippen LogP contribution in [0, 0.1) is 5.92 Å². The number of halogens is 2. The highest BCUT2D eigenvalue weighted by molar-refractivity contribution is 9.10. The number of aliphatic hydroxyl groups is 1. The second-order valence-corrected chi connectivity index (χ2v) is 5.14. The van der Waals surface area contributed by atoms with Crippen LogP contribution in [0.4, 0.5) is 0 Å². The van der Waals surface area contributed by atoms with E-state index in [-0.39, 0.29) is 5.92 Å². The highest BCUT2D eigenvalue weighted by atomic mass is 79.9. The average molecular weight is 308 g/mol. The lowest BCUT2D eigenvalue weighted by Gasteiger charge is -2.19. The summed E-state index contributed by atoms with van der Waals surface area (Å²) in [6.07, 6.45) is 0.325. The maximum absolute atomic E-state index is 10.1. The van der Waals surface area contributed by atoms with Gasteiger partial charge in [0.15, 0.2) is 0 Å². The highest BCUT2D eigenvalue weighted by Crippen LogP contribution is 2.30. The first-order valence-electron chi connectivity index (χ1n) is 5.18. The van der Waals surface area contributed by atoms with Gasteiger partial charge in [-0.2, -0.15) is 0 Å². The van der Waals surface area contributed by atoms with Crippen LogP contribution in [0.1, 0.15) is 25.0 Å². The van der Waals surface area contributed by atoms with Gasteiger partial charge >= 0.3 is 0 Å². The molecular formula is C12H16BrClO2. The summed E-state index contributed by atoms with van der Waals surface area (Å²) in [5.74, 6) is 0.150. The van der Waals surface area contributed by atoms with Crippen molar-refractivity contribution in [3.63, 3.8) is 0 Å². The van der Waals surface area contributed by atoms with E-state index in [0.29, 0.717) is 11.6 Å². The minimum Gasteiger partial charge on any atom is -0.388 e. The van der Waals surface area contributed by atoms with Crippen molar-refractivity contribution >= 4 is 27.5 Å². The first-order chi connectivity index (χ1) is 7.56. The molecule has 0 aliphatic rings. The summed E-state index contributed by atoms with van der Waals surface area (Å²) in [4.78, 5) is 0. The zero-order chi connectivity index (χ0) is 12.1. The quantitative estimate of drug-likeness (QED) is 0.896. The number of hydrogen-bond donors (Lipinski definition) is 1. The van der Waals surface area contributed by atoms with Crippen molar-refractivity contribution < 1.29 is 9.84 Å². The van der Waals surface area contributed by atoms with Crippen molar-refractivity contribution in [1.29, 1.82) is 0 Å². The Balaban J connectivity index is 2.71. The third kappa shape index (κ3) is 3.74. The largest absolute Gasteiger partial charge is 0.388 e. The summed E-state index contributed by atoms with van der Waals surface area (Å²) in [6, 6.07) is 5.52. The molecule has 2 atom stereocenters. The Morgan fingerprint density at radius 2 is 2.19 bits per heavy atom. The maximum atomic E-state index is 10.1. The van der Waals surface area contributed by atoms with Crippen molar-refractivity contribution in [3.8, 4) is 0 Å². The minimum absolute atomic E-state index is 0.150. The standard InChI is InChI=1S/C12H16BrClO2/c1-8(5-6-16-2)12(15)9-3-4-10(13)11(14)7-9/h3-4,7-8,12,15H,5-6H2,1-2H3. The summed E-state index contributed by atoms with van der Waals surface area (Å²) >= 11 is 9.31. The molecule has 0 heterocycles. The van der Waals surface area contributed by atoms with Crippen molar-refractivity contribution in [2.45, 2.75) is 19.4 Å². The highest BCUT2D eigenvalue weighted by Gasteiger charge is 2.16. The average Bonchev–Trinajstić information content (AvgIpc) is 2.28. The molecule has 2 unspecified atom stereocenters. The van der Waals surface area contributed by atoms with Crippen molar-refractivity contribution in [1.82, 2.24) is 0 Å². The third-order valence-electron chi connectivity index (χ3n) is 2.60. The molecule has 2 nitrogen and oxygen atoms in total. The van der Waals surface area contributed by atoms with Crippen LogP contribution in [0.25, 0.3) is 0 Å². The van der Waals surface area contributed by atoms with E-state index in [9.17, 15) is 5.11 Å². The molecule has 0 fully saturated rings. The van der Waals surface area contributed by atoms with E-state index in [4.69, 9.17) is 16.3 Å². The van der Waals surface area contributed by atoms with E-state index < -0.39 is 6.10 Å². The molecule has 0 amide bonds. The Kier molecular flexibility index (Phi) is 5.76. The zero-order valence-corrected chi connectivity index (χ0v) is 11.8. The van der Waals surface area contributed by atoms with E-state index in [1.54, 1.807) is 13.2 Å². The van der Waals surface area contributed by atoms with Crippen LogP contribution < -0.4 is 0 Å². The molecule has 0 spiro atoms. The molecule has 0 radical (unpaired) electrons. The molecule has 90 valence electrons. The van der Waals surface area contributed by atoms with Gasteiger partial charge in [-0.25, -0.2) is 0 Å². The van der Waals surface area contributed by atoms with Gasteiger partial charge in [0, 0.05) is 18.2 Å². The predicted octanol–water partition coefficient (Wildman–Crippen LogP) is 3.81. The fourth-order valence-corrected chi connectivity index (χ4v) is 1.92. The van der Waals surface area contributed by atoms with Gasteiger partial charge in [-0.1, -0.05) is 24.6 Å². The molecule has 0 aliphatic heterocycles. The van der Waals surface area contributed by atoms with E-state index in [1.165, 1.54) is 0 Å². The molecular weight excluding hydrogens is 291 g/mol. The van der Waals surface area contributed by atoms with Crippen LogP contribution in [0.15, 0.2) is 22.7 Å². The van der Waals surface area contributed by atoms with E-state index in [2.05, 4.69) is 15.9 Å². The van der Waals surface area contributed by atoms with Crippen molar-refractivity contribution in [2.75, 3.05) is 13.7 Å². The Labute approximate surface area is 110 Å². The second-order valence-electron chi connectivity index (χ2n) is 3.88. The molecule has 1 N–H and O–H groups in total. The van der Waals surface area contributed by atoms with Gasteiger partial charge in [0.1, 0.15) is 0 Å². The van der Waals surface area contributed by atoms with Gasteiger partial charge in [-0.05, 0) is 46.0 Å². The molecule has 1 aromatic carbocycles. The molecule has 16 heavy (non-hydrogen) atoms. The van der Waals surface area contributed by atoms with Crippen LogP contribution in [-0.4, -0.2) is 18.8 Å². The normalized spacial score (nSPS) is 14.8. The predicted molar refractivity (Wildman–Crippen MR) is 69.8 cm³/mol. The monoisotopic (exact) mass is 306 g/mol. The SMILES string of the molecule is COCCC(C)C(O)c1ccc(Br)c(Cl)c1. The smallest absolute Gasteiger partial charge is 0.0816 e. The lowest BCUT2D eigenvalue weighted by molar-refractivity contribution is 0.0886. The fourth-order valence-electron chi connectivity index (χ4n) is 1.49. The number of rotatable bonds is 5. The first kappa shape index (κ1) is 14.0. The summed E-state index contributed by atoms with van der Waals surface area (Å²) in [5.41, 5.74) is 0.844. The molecule has 0 saturated carbocycles. The summed E-state index contributed by atoms with van der Waals surface area (Å²) in [6.45, 7) is 2.65. The van der Waals surface area contributed by atoms with E-state index in [0.717, 1.165) is 16.5 Å². The number of ether oxygens (including phenoxy) is 1. The van der Waals surface area contributed by atoms with Crippen LogP contribution in [0.2, 0.25) is 5.02 Å². The Morgan fingerprint density at radius 1 is 1.50 bits per heavy atom.